The lowest BCUT2D eigenvalue weighted by Gasteiger charge is -2.07. The van der Waals surface area contributed by atoms with Crippen molar-refractivity contribution in [3.05, 3.63) is 40.7 Å². The zero-order valence-corrected chi connectivity index (χ0v) is 10.1. The molecule has 5 nitrogen and oxygen atoms in total. The van der Waals surface area contributed by atoms with Crippen LogP contribution in [-0.2, 0) is 6.42 Å². The third kappa shape index (κ3) is 2.06. The van der Waals surface area contributed by atoms with Crippen LogP contribution in [0.25, 0.3) is 5.69 Å². The molecule has 2 rings (SSSR count). The van der Waals surface area contributed by atoms with Gasteiger partial charge in [0.05, 0.1) is 5.02 Å². The maximum Gasteiger partial charge on any atom is 0.375 e. The Morgan fingerprint density at radius 2 is 2.28 bits per heavy atom. The molecule has 1 heterocycles. The molecule has 0 aliphatic rings. The van der Waals surface area contributed by atoms with Gasteiger partial charge in [0.25, 0.3) is 5.82 Å². The maximum absolute atomic E-state index is 13.7. The SMILES string of the molecule is CCc1nc(C(=O)O)nn1-c1c(F)cccc1Cl. The van der Waals surface area contributed by atoms with Gasteiger partial charge in [0.1, 0.15) is 17.3 Å². The second kappa shape index (κ2) is 4.73. The molecule has 0 saturated heterocycles. The molecule has 18 heavy (non-hydrogen) atoms. The van der Waals surface area contributed by atoms with Gasteiger partial charge in [0, 0.05) is 6.42 Å². The lowest BCUT2D eigenvalue weighted by atomic mass is 10.3. The van der Waals surface area contributed by atoms with Gasteiger partial charge >= 0.3 is 5.97 Å². The van der Waals surface area contributed by atoms with Crippen molar-refractivity contribution in [2.45, 2.75) is 13.3 Å². The first kappa shape index (κ1) is 12.5. The topological polar surface area (TPSA) is 68.0 Å². The molecule has 94 valence electrons. The van der Waals surface area contributed by atoms with E-state index in [4.69, 9.17) is 16.7 Å². The van der Waals surface area contributed by atoms with Crippen molar-refractivity contribution in [3.8, 4) is 5.69 Å². The van der Waals surface area contributed by atoms with Crippen LogP contribution in [0.3, 0.4) is 0 Å². The van der Waals surface area contributed by atoms with Gasteiger partial charge < -0.3 is 5.11 Å². The molecule has 0 saturated carbocycles. The summed E-state index contributed by atoms with van der Waals surface area (Å²) in [6, 6.07) is 4.19. The molecular formula is C11H9ClFN3O2. The van der Waals surface area contributed by atoms with Crippen LogP contribution in [0, 0.1) is 5.82 Å². The predicted molar refractivity (Wildman–Crippen MR) is 62.7 cm³/mol. The Balaban J connectivity index is 2.66. The Morgan fingerprint density at radius 1 is 1.56 bits per heavy atom. The fourth-order valence-corrected chi connectivity index (χ4v) is 1.78. The van der Waals surface area contributed by atoms with Crippen LogP contribution in [0.1, 0.15) is 23.4 Å². The standard InChI is InChI=1S/C11H9ClFN3O2/c1-2-8-14-10(11(17)18)15-16(8)9-6(12)4-3-5-7(9)13/h3-5H,2H2,1H3,(H,17,18). The van der Waals surface area contributed by atoms with Crippen molar-refractivity contribution in [1.82, 2.24) is 14.8 Å². The second-order valence-electron chi connectivity index (χ2n) is 3.49. The lowest BCUT2D eigenvalue weighted by Crippen LogP contribution is -2.06. The highest BCUT2D eigenvalue weighted by Gasteiger charge is 2.19. The molecule has 0 bridgehead atoms. The predicted octanol–water partition coefficient (Wildman–Crippen LogP) is 2.32. The summed E-state index contributed by atoms with van der Waals surface area (Å²) >= 11 is 5.91. The zero-order valence-electron chi connectivity index (χ0n) is 9.39. The van der Waals surface area contributed by atoms with Crippen LogP contribution in [-0.4, -0.2) is 25.8 Å². The molecule has 0 radical (unpaired) electrons. The van der Waals surface area contributed by atoms with Crippen LogP contribution < -0.4 is 0 Å². The Morgan fingerprint density at radius 3 is 2.83 bits per heavy atom. The van der Waals surface area contributed by atoms with E-state index in [0.717, 1.165) is 4.68 Å². The van der Waals surface area contributed by atoms with E-state index in [0.29, 0.717) is 12.2 Å². The van der Waals surface area contributed by atoms with Crippen molar-refractivity contribution in [2.24, 2.45) is 0 Å². The molecule has 0 fully saturated rings. The van der Waals surface area contributed by atoms with Crippen molar-refractivity contribution in [2.75, 3.05) is 0 Å². The van der Waals surface area contributed by atoms with Gasteiger partial charge in [-0.25, -0.2) is 18.9 Å². The van der Waals surface area contributed by atoms with Crippen molar-refractivity contribution < 1.29 is 14.3 Å². The van der Waals surface area contributed by atoms with E-state index in [1.807, 2.05) is 0 Å². The van der Waals surface area contributed by atoms with Gasteiger partial charge in [-0.2, -0.15) is 0 Å². The lowest BCUT2D eigenvalue weighted by molar-refractivity contribution is 0.0683. The molecule has 0 unspecified atom stereocenters. The van der Waals surface area contributed by atoms with E-state index < -0.39 is 11.8 Å². The summed E-state index contributed by atoms with van der Waals surface area (Å²) in [7, 11) is 0. The van der Waals surface area contributed by atoms with Gasteiger partial charge in [0.2, 0.25) is 0 Å². The minimum atomic E-state index is -1.27. The number of halogens is 2. The number of nitrogens with zero attached hydrogens (tertiary/aromatic N) is 3. The first-order valence-corrected chi connectivity index (χ1v) is 5.56. The van der Waals surface area contributed by atoms with E-state index in [1.165, 1.54) is 18.2 Å². The molecule has 2 aromatic rings. The Kier molecular flexibility index (Phi) is 3.29. The van der Waals surface area contributed by atoms with Crippen molar-refractivity contribution in [1.29, 1.82) is 0 Å². The van der Waals surface area contributed by atoms with Gasteiger partial charge in [-0.1, -0.05) is 24.6 Å². The van der Waals surface area contributed by atoms with Gasteiger partial charge in [0.15, 0.2) is 0 Å². The third-order valence-electron chi connectivity index (χ3n) is 2.33. The average Bonchev–Trinajstić information content (AvgIpc) is 2.73. The number of carboxylic acids is 1. The summed E-state index contributed by atoms with van der Waals surface area (Å²) in [6.45, 7) is 1.76. The maximum atomic E-state index is 13.7. The number of hydrogen-bond donors (Lipinski definition) is 1. The van der Waals surface area contributed by atoms with Crippen LogP contribution in [0.15, 0.2) is 18.2 Å². The first-order valence-electron chi connectivity index (χ1n) is 5.18. The molecule has 0 atom stereocenters. The highest BCUT2D eigenvalue weighted by Crippen LogP contribution is 2.24. The molecule has 0 aliphatic carbocycles. The number of aromatic nitrogens is 3. The monoisotopic (exact) mass is 269 g/mol. The Bertz CT molecular complexity index is 592. The first-order chi connectivity index (χ1) is 8.54. The number of hydrogen-bond acceptors (Lipinski definition) is 3. The van der Waals surface area contributed by atoms with Crippen molar-refractivity contribution >= 4 is 17.6 Å². The number of para-hydroxylation sites is 1. The van der Waals surface area contributed by atoms with E-state index in [2.05, 4.69) is 10.1 Å². The molecule has 0 aliphatic heterocycles. The number of rotatable bonds is 3. The summed E-state index contributed by atoms with van der Waals surface area (Å²) in [5, 5.41) is 12.7. The molecule has 0 amide bonds. The molecule has 1 aromatic heterocycles. The van der Waals surface area contributed by atoms with Gasteiger partial charge in [-0.3, -0.25) is 0 Å². The van der Waals surface area contributed by atoms with Crippen LogP contribution in [0.2, 0.25) is 5.02 Å². The van der Waals surface area contributed by atoms with E-state index >= 15 is 0 Å². The summed E-state index contributed by atoms with van der Waals surface area (Å²) in [4.78, 5) is 14.6. The fraction of sp³-hybridized carbons (Fsp3) is 0.182. The zero-order chi connectivity index (χ0) is 13.3. The highest BCUT2D eigenvalue weighted by atomic mass is 35.5. The number of aromatic carboxylic acids is 1. The molecule has 1 aromatic carbocycles. The summed E-state index contributed by atoms with van der Waals surface area (Å²) in [6.07, 6.45) is 0.408. The number of aryl methyl sites for hydroxylation is 1. The highest BCUT2D eigenvalue weighted by molar-refractivity contribution is 6.32. The van der Waals surface area contributed by atoms with Crippen molar-refractivity contribution in [3.63, 3.8) is 0 Å². The number of carboxylic acid groups (broad SMARTS) is 1. The Hall–Kier alpha value is -1.95. The summed E-state index contributed by atoms with van der Waals surface area (Å²) < 4.78 is 14.9. The summed E-state index contributed by atoms with van der Waals surface area (Å²) in [5.74, 6) is -1.90. The van der Waals surface area contributed by atoms with E-state index in [-0.39, 0.29) is 16.5 Å². The minimum Gasteiger partial charge on any atom is -0.475 e. The van der Waals surface area contributed by atoms with Gasteiger partial charge in [-0.15, -0.1) is 5.10 Å². The molecule has 7 heteroatoms. The van der Waals surface area contributed by atoms with Crippen LogP contribution in [0.4, 0.5) is 4.39 Å². The number of carbonyl (C=O) groups is 1. The van der Waals surface area contributed by atoms with Crippen LogP contribution in [0.5, 0.6) is 0 Å². The number of benzene rings is 1. The minimum absolute atomic E-state index is 0.0102. The molecule has 0 spiro atoms. The average molecular weight is 270 g/mol. The van der Waals surface area contributed by atoms with E-state index in [1.54, 1.807) is 6.92 Å². The largest absolute Gasteiger partial charge is 0.475 e. The summed E-state index contributed by atoms with van der Waals surface area (Å²) in [5.41, 5.74) is 0.0102. The van der Waals surface area contributed by atoms with Gasteiger partial charge in [-0.05, 0) is 12.1 Å². The normalized spacial score (nSPS) is 10.6. The van der Waals surface area contributed by atoms with Crippen LogP contribution >= 0.6 is 11.6 Å². The fourth-order valence-electron chi connectivity index (χ4n) is 1.53. The Labute approximate surface area is 107 Å². The van der Waals surface area contributed by atoms with E-state index in [9.17, 15) is 9.18 Å². The smallest absolute Gasteiger partial charge is 0.375 e. The molecular weight excluding hydrogens is 261 g/mol. The third-order valence-corrected chi connectivity index (χ3v) is 2.64. The quantitative estimate of drug-likeness (QED) is 0.928. The second-order valence-corrected chi connectivity index (χ2v) is 3.90. The molecule has 1 N–H and O–H groups in total.